The molecule has 2 aliphatic heterocycles. The number of methoxy groups -OCH3 is 1. The minimum atomic E-state index is -0.270. The zero-order valence-corrected chi connectivity index (χ0v) is 16.5. The molecule has 0 N–H and O–H groups in total. The van der Waals surface area contributed by atoms with Crippen molar-refractivity contribution in [1.29, 1.82) is 0 Å². The molecule has 0 spiro atoms. The van der Waals surface area contributed by atoms with Gasteiger partial charge in [-0.1, -0.05) is 24.3 Å². The maximum Gasteiger partial charge on any atom is 0.261 e. The Labute approximate surface area is 170 Å². The first-order valence-corrected chi connectivity index (χ1v) is 9.99. The fourth-order valence-electron chi connectivity index (χ4n) is 4.23. The summed E-state index contributed by atoms with van der Waals surface area (Å²) in [5.74, 6) is 0.307. The van der Waals surface area contributed by atoms with Crippen molar-refractivity contribution >= 4 is 17.7 Å². The predicted octanol–water partition coefficient (Wildman–Crippen LogP) is 3.44. The minimum absolute atomic E-state index is 0.0527. The van der Waals surface area contributed by atoms with Gasteiger partial charge in [-0.15, -0.1) is 0 Å². The predicted molar refractivity (Wildman–Crippen MR) is 108 cm³/mol. The molecule has 0 unspecified atom stereocenters. The van der Waals surface area contributed by atoms with Crippen LogP contribution in [0.3, 0.4) is 0 Å². The van der Waals surface area contributed by atoms with Crippen LogP contribution in [0, 0.1) is 0 Å². The van der Waals surface area contributed by atoms with Crippen molar-refractivity contribution in [2.45, 2.75) is 31.7 Å². The third-order valence-corrected chi connectivity index (χ3v) is 5.70. The number of hydrogen-bond acceptors (Lipinski definition) is 4. The van der Waals surface area contributed by atoms with E-state index in [-0.39, 0.29) is 30.3 Å². The summed E-state index contributed by atoms with van der Waals surface area (Å²) >= 11 is 0. The Balaban J connectivity index is 1.36. The first kappa shape index (κ1) is 19.2. The van der Waals surface area contributed by atoms with Crippen molar-refractivity contribution in [2.75, 3.05) is 20.2 Å². The summed E-state index contributed by atoms with van der Waals surface area (Å²) in [5.41, 5.74) is 1.97. The summed E-state index contributed by atoms with van der Waals surface area (Å²) < 4.78 is 5.31. The molecule has 0 aliphatic carbocycles. The van der Waals surface area contributed by atoms with Crippen molar-refractivity contribution in [3.63, 3.8) is 0 Å². The fraction of sp³-hybridized carbons (Fsp3) is 0.348. The second-order valence-corrected chi connectivity index (χ2v) is 7.43. The molecule has 150 valence electrons. The van der Waals surface area contributed by atoms with E-state index >= 15 is 0 Å². The van der Waals surface area contributed by atoms with Crippen molar-refractivity contribution < 1.29 is 19.1 Å². The molecule has 0 radical (unpaired) electrons. The lowest BCUT2D eigenvalue weighted by Gasteiger charge is -2.26. The standard InChI is InChI=1S/C23H24N2O4/c1-29-17-8-4-7-16(15-17)20-11-5-13-24(20)21(26)12-6-14-25-22(27)18-9-2-3-10-19(18)23(25)28/h2-4,7-10,15,20H,5-6,11-14H2,1H3/t20-/m1/s1. The zero-order valence-electron chi connectivity index (χ0n) is 16.5. The summed E-state index contributed by atoms with van der Waals surface area (Å²) in [6, 6.07) is 14.7. The molecule has 3 amide bonds. The van der Waals surface area contributed by atoms with E-state index in [9.17, 15) is 14.4 Å². The van der Waals surface area contributed by atoms with Crippen LogP contribution in [-0.4, -0.2) is 47.7 Å². The molecule has 6 heteroatoms. The van der Waals surface area contributed by atoms with Gasteiger partial charge in [0.2, 0.25) is 5.91 Å². The second-order valence-electron chi connectivity index (χ2n) is 7.43. The summed E-state index contributed by atoms with van der Waals surface area (Å²) in [5, 5.41) is 0. The molecule has 2 heterocycles. The number of amides is 3. The molecule has 29 heavy (non-hydrogen) atoms. The number of ether oxygens (including phenoxy) is 1. The Bertz CT molecular complexity index is 920. The highest BCUT2D eigenvalue weighted by Gasteiger charge is 2.35. The number of carbonyl (C=O) groups is 3. The number of rotatable bonds is 6. The van der Waals surface area contributed by atoms with Gasteiger partial charge in [-0.3, -0.25) is 19.3 Å². The van der Waals surface area contributed by atoms with Crippen LogP contribution in [-0.2, 0) is 4.79 Å². The maximum absolute atomic E-state index is 12.8. The highest BCUT2D eigenvalue weighted by molar-refractivity contribution is 6.21. The largest absolute Gasteiger partial charge is 0.497 e. The van der Waals surface area contributed by atoms with Gasteiger partial charge < -0.3 is 9.64 Å². The Kier molecular flexibility index (Phi) is 5.34. The Morgan fingerprint density at radius 1 is 1.07 bits per heavy atom. The van der Waals surface area contributed by atoms with Crippen LogP contribution in [0.25, 0.3) is 0 Å². The van der Waals surface area contributed by atoms with Crippen LogP contribution in [0.4, 0.5) is 0 Å². The van der Waals surface area contributed by atoms with Crippen molar-refractivity contribution in [3.05, 3.63) is 65.2 Å². The smallest absolute Gasteiger partial charge is 0.261 e. The summed E-state index contributed by atoms with van der Waals surface area (Å²) in [6.45, 7) is 0.990. The molecule has 2 aliphatic rings. The van der Waals surface area contributed by atoms with Crippen LogP contribution in [0.1, 0.15) is 58.0 Å². The third kappa shape index (κ3) is 3.62. The summed E-state index contributed by atoms with van der Waals surface area (Å²) in [6.07, 6.45) is 2.67. The lowest BCUT2D eigenvalue weighted by Crippen LogP contribution is -2.33. The van der Waals surface area contributed by atoms with Gasteiger partial charge in [-0.2, -0.15) is 0 Å². The van der Waals surface area contributed by atoms with E-state index < -0.39 is 0 Å². The molecule has 0 saturated carbocycles. The van der Waals surface area contributed by atoms with Crippen LogP contribution in [0.5, 0.6) is 5.75 Å². The second kappa shape index (κ2) is 8.07. The van der Waals surface area contributed by atoms with Gasteiger partial charge in [-0.25, -0.2) is 0 Å². The van der Waals surface area contributed by atoms with E-state index in [1.807, 2.05) is 29.2 Å². The molecule has 1 atom stereocenters. The molecule has 6 nitrogen and oxygen atoms in total. The number of likely N-dealkylation sites (tertiary alicyclic amines) is 1. The van der Waals surface area contributed by atoms with E-state index in [0.717, 1.165) is 30.7 Å². The van der Waals surface area contributed by atoms with Crippen LogP contribution in [0.15, 0.2) is 48.5 Å². The molecule has 2 aromatic rings. The zero-order chi connectivity index (χ0) is 20.4. The van der Waals surface area contributed by atoms with E-state index in [4.69, 9.17) is 4.74 Å². The van der Waals surface area contributed by atoms with Crippen LogP contribution >= 0.6 is 0 Å². The molecule has 0 bridgehead atoms. The fourth-order valence-corrected chi connectivity index (χ4v) is 4.23. The Hall–Kier alpha value is -3.15. The van der Waals surface area contributed by atoms with E-state index in [1.165, 1.54) is 4.90 Å². The van der Waals surface area contributed by atoms with E-state index in [0.29, 0.717) is 24.0 Å². The quantitative estimate of drug-likeness (QED) is 0.707. The number of nitrogens with zero attached hydrogens (tertiary/aromatic N) is 2. The lowest BCUT2D eigenvalue weighted by atomic mass is 10.0. The number of hydrogen-bond donors (Lipinski definition) is 0. The monoisotopic (exact) mass is 392 g/mol. The molecule has 4 rings (SSSR count). The van der Waals surface area contributed by atoms with Crippen molar-refractivity contribution in [3.8, 4) is 5.75 Å². The van der Waals surface area contributed by atoms with E-state index in [1.54, 1.807) is 31.4 Å². The number of benzene rings is 2. The highest BCUT2D eigenvalue weighted by atomic mass is 16.5. The minimum Gasteiger partial charge on any atom is -0.497 e. The molecule has 2 aromatic carbocycles. The van der Waals surface area contributed by atoms with Gasteiger partial charge in [0.15, 0.2) is 0 Å². The van der Waals surface area contributed by atoms with Crippen molar-refractivity contribution in [2.24, 2.45) is 0 Å². The first-order chi connectivity index (χ1) is 14.1. The number of fused-ring (bicyclic) bond motifs is 1. The van der Waals surface area contributed by atoms with Gasteiger partial charge in [0.25, 0.3) is 11.8 Å². The number of imide groups is 1. The SMILES string of the molecule is COc1cccc([C@H]2CCCN2C(=O)CCCN2C(=O)c3ccccc3C2=O)c1. The normalized spacial score (nSPS) is 18.3. The van der Waals surface area contributed by atoms with Crippen molar-refractivity contribution in [1.82, 2.24) is 9.80 Å². The molecular formula is C23H24N2O4. The average Bonchev–Trinajstić information content (AvgIpc) is 3.34. The van der Waals surface area contributed by atoms with Gasteiger partial charge in [0.05, 0.1) is 24.3 Å². The first-order valence-electron chi connectivity index (χ1n) is 9.99. The number of carbonyl (C=O) groups excluding carboxylic acids is 3. The molecule has 0 aromatic heterocycles. The third-order valence-electron chi connectivity index (χ3n) is 5.70. The molecular weight excluding hydrogens is 368 g/mol. The molecule has 1 saturated heterocycles. The van der Waals surface area contributed by atoms with Gasteiger partial charge in [0.1, 0.15) is 5.75 Å². The molecule has 1 fully saturated rings. The summed E-state index contributed by atoms with van der Waals surface area (Å²) in [7, 11) is 1.63. The Morgan fingerprint density at radius 3 is 2.48 bits per heavy atom. The Morgan fingerprint density at radius 2 is 1.79 bits per heavy atom. The average molecular weight is 392 g/mol. The van der Waals surface area contributed by atoms with Crippen LogP contribution in [0.2, 0.25) is 0 Å². The highest BCUT2D eigenvalue weighted by Crippen LogP contribution is 2.34. The summed E-state index contributed by atoms with van der Waals surface area (Å²) in [4.78, 5) is 40.9. The van der Waals surface area contributed by atoms with Gasteiger partial charge >= 0.3 is 0 Å². The maximum atomic E-state index is 12.8. The topological polar surface area (TPSA) is 66.9 Å². The van der Waals surface area contributed by atoms with Gasteiger partial charge in [-0.05, 0) is 49.1 Å². The van der Waals surface area contributed by atoms with Gasteiger partial charge in [0, 0.05) is 19.5 Å². The lowest BCUT2D eigenvalue weighted by molar-refractivity contribution is -0.132. The van der Waals surface area contributed by atoms with Crippen LogP contribution < -0.4 is 4.74 Å². The van der Waals surface area contributed by atoms with E-state index in [2.05, 4.69) is 0 Å².